The van der Waals surface area contributed by atoms with Crippen LogP contribution in [0.4, 0.5) is 5.88 Å². The van der Waals surface area contributed by atoms with E-state index in [0.29, 0.717) is 10.9 Å². The molecule has 0 spiro atoms. The minimum atomic E-state index is 0.239. The topological polar surface area (TPSA) is 52.0 Å². The minimum Gasteiger partial charge on any atom is -0.366 e. The van der Waals surface area contributed by atoms with Crippen molar-refractivity contribution < 1.29 is 4.52 Å². The molecule has 2 N–H and O–H groups in total. The number of nitrogens with two attached hydrogens (primary N) is 1. The van der Waals surface area contributed by atoms with E-state index < -0.39 is 0 Å². The molecular weight excluding hydrogens is 152 g/mol. The average molecular weight is 159 g/mol. The highest BCUT2D eigenvalue weighted by atomic mass is 35.5. The summed E-state index contributed by atoms with van der Waals surface area (Å²) in [6, 6.07) is 0. The highest BCUT2D eigenvalue weighted by molar-refractivity contribution is 6.33. The monoisotopic (exact) mass is 158 g/mol. The van der Waals surface area contributed by atoms with Gasteiger partial charge >= 0.3 is 0 Å². The van der Waals surface area contributed by atoms with Crippen molar-refractivity contribution in [3.63, 3.8) is 0 Å². The van der Waals surface area contributed by atoms with E-state index in [9.17, 15) is 0 Å². The number of aromatic nitrogens is 1. The van der Waals surface area contributed by atoms with E-state index in [1.165, 1.54) is 0 Å². The maximum atomic E-state index is 5.76. The van der Waals surface area contributed by atoms with Gasteiger partial charge in [0.15, 0.2) is 0 Å². The Morgan fingerprint density at radius 2 is 2.30 bits per heavy atom. The van der Waals surface area contributed by atoms with Gasteiger partial charge in [-0.3, -0.25) is 0 Å². The van der Waals surface area contributed by atoms with Gasteiger partial charge in [-0.15, -0.1) is 0 Å². The van der Waals surface area contributed by atoms with Crippen molar-refractivity contribution in [3.8, 4) is 0 Å². The Balaban J connectivity index is 2.40. The smallest absolute Gasteiger partial charge is 0.241 e. The van der Waals surface area contributed by atoms with Gasteiger partial charge < -0.3 is 10.3 Å². The zero-order valence-electron chi connectivity index (χ0n) is 5.30. The lowest BCUT2D eigenvalue weighted by atomic mass is 10.3. The molecular formula is C6H7ClN2O. The summed E-state index contributed by atoms with van der Waals surface area (Å²) in [4.78, 5) is 0. The molecule has 0 amide bonds. The van der Waals surface area contributed by atoms with Crippen LogP contribution in [0.15, 0.2) is 4.52 Å². The van der Waals surface area contributed by atoms with E-state index in [2.05, 4.69) is 5.16 Å². The van der Waals surface area contributed by atoms with Gasteiger partial charge in [0.25, 0.3) is 0 Å². The fourth-order valence-corrected chi connectivity index (χ4v) is 1.14. The lowest BCUT2D eigenvalue weighted by Crippen LogP contribution is -1.81. The SMILES string of the molecule is Nc1onc(C2CC2)c1Cl. The minimum absolute atomic E-state index is 0.239. The summed E-state index contributed by atoms with van der Waals surface area (Å²) >= 11 is 5.76. The molecule has 0 atom stereocenters. The van der Waals surface area contributed by atoms with Crippen molar-refractivity contribution in [1.29, 1.82) is 0 Å². The second kappa shape index (κ2) is 1.89. The van der Waals surface area contributed by atoms with Gasteiger partial charge in [0.1, 0.15) is 10.7 Å². The summed E-state index contributed by atoms with van der Waals surface area (Å²) < 4.78 is 4.69. The molecule has 2 rings (SSSR count). The van der Waals surface area contributed by atoms with E-state index in [-0.39, 0.29) is 5.88 Å². The first-order valence-electron chi connectivity index (χ1n) is 3.19. The zero-order chi connectivity index (χ0) is 7.14. The number of hydrogen-bond acceptors (Lipinski definition) is 3. The number of hydrogen-bond donors (Lipinski definition) is 1. The molecule has 10 heavy (non-hydrogen) atoms. The van der Waals surface area contributed by atoms with Crippen LogP contribution >= 0.6 is 11.6 Å². The second-order valence-corrected chi connectivity index (χ2v) is 2.90. The Kier molecular flexibility index (Phi) is 1.14. The molecule has 0 radical (unpaired) electrons. The van der Waals surface area contributed by atoms with Crippen molar-refractivity contribution in [2.75, 3.05) is 5.73 Å². The Morgan fingerprint density at radius 1 is 1.60 bits per heavy atom. The third-order valence-electron chi connectivity index (χ3n) is 1.65. The van der Waals surface area contributed by atoms with E-state index in [1.54, 1.807) is 0 Å². The lowest BCUT2D eigenvalue weighted by molar-refractivity contribution is 0.428. The summed E-state index contributed by atoms with van der Waals surface area (Å²) in [5.41, 5.74) is 6.18. The molecule has 3 nitrogen and oxygen atoms in total. The lowest BCUT2D eigenvalue weighted by Gasteiger charge is -1.85. The first-order chi connectivity index (χ1) is 4.79. The molecule has 1 aliphatic carbocycles. The molecule has 0 aromatic carbocycles. The van der Waals surface area contributed by atoms with Gasteiger partial charge in [-0.2, -0.15) is 0 Å². The number of halogens is 1. The molecule has 4 heteroatoms. The van der Waals surface area contributed by atoms with Crippen LogP contribution in [0.25, 0.3) is 0 Å². The summed E-state index contributed by atoms with van der Waals surface area (Å²) in [6.45, 7) is 0. The largest absolute Gasteiger partial charge is 0.366 e. The first kappa shape index (κ1) is 6.04. The molecule has 54 valence electrons. The predicted molar refractivity (Wildman–Crippen MR) is 37.9 cm³/mol. The fraction of sp³-hybridized carbons (Fsp3) is 0.500. The van der Waals surface area contributed by atoms with Crippen LogP contribution in [0.1, 0.15) is 24.5 Å². The van der Waals surface area contributed by atoms with Crippen molar-refractivity contribution >= 4 is 17.5 Å². The molecule has 1 heterocycles. The number of nitrogen functional groups attached to an aromatic ring is 1. The van der Waals surface area contributed by atoms with E-state index in [0.717, 1.165) is 18.5 Å². The van der Waals surface area contributed by atoms with Crippen LogP contribution in [0.3, 0.4) is 0 Å². The van der Waals surface area contributed by atoms with E-state index >= 15 is 0 Å². The molecule has 1 aliphatic rings. The number of rotatable bonds is 1. The molecule has 1 fully saturated rings. The molecule has 1 saturated carbocycles. The van der Waals surface area contributed by atoms with Gasteiger partial charge in [-0.05, 0) is 12.8 Å². The summed E-state index contributed by atoms with van der Waals surface area (Å²) in [6.07, 6.45) is 2.32. The molecule has 0 aliphatic heterocycles. The quantitative estimate of drug-likeness (QED) is 0.678. The van der Waals surface area contributed by atoms with Gasteiger partial charge in [0.2, 0.25) is 5.88 Å². The Bertz CT molecular complexity index is 254. The molecule has 1 aromatic rings. The molecule has 0 unspecified atom stereocenters. The Labute approximate surface area is 63.1 Å². The van der Waals surface area contributed by atoms with Crippen molar-refractivity contribution in [2.24, 2.45) is 0 Å². The Morgan fingerprint density at radius 3 is 2.70 bits per heavy atom. The van der Waals surface area contributed by atoms with Crippen molar-refractivity contribution in [2.45, 2.75) is 18.8 Å². The van der Waals surface area contributed by atoms with E-state index in [1.807, 2.05) is 0 Å². The molecule has 0 bridgehead atoms. The van der Waals surface area contributed by atoms with Crippen LogP contribution in [-0.2, 0) is 0 Å². The molecule has 1 aromatic heterocycles. The van der Waals surface area contributed by atoms with Crippen LogP contribution in [0, 0.1) is 0 Å². The number of anilines is 1. The van der Waals surface area contributed by atoms with Crippen molar-refractivity contribution in [3.05, 3.63) is 10.7 Å². The highest BCUT2D eigenvalue weighted by Crippen LogP contribution is 2.43. The number of nitrogens with zero attached hydrogens (tertiary/aromatic N) is 1. The van der Waals surface area contributed by atoms with Gasteiger partial charge in [-0.1, -0.05) is 16.8 Å². The van der Waals surface area contributed by atoms with Crippen LogP contribution in [-0.4, -0.2) is 5.16 Å². The summed E-state index contributed by atoms with van der Waals surface area (Å²) in [5, 5.41) is 4.25. The van der Waals surface area contributed by atoms with Crippen LogP contribution in [0.2, 0.25) is 5.02 Å². The Hall–Kier alpha value is -0.700. The average Bonchev–Trinajstić information content (AvgIpc) is 2.67. The second-order valence-electron chi connectivity index (χ2n) is 2.52. The first-order valence-corrected chi connectivity index (χ1v) is 3.57. The normalized spacial score (nSPS) is 17.7. The maximum Gasteiger partial charge on any atom is 0.241 e. The van der Waals surface area contributed by atoms with E-state index in [4.69, 9.17) is 21.9 Å². The van der Waals surface area contributed by atoms with Gasteiger partial charge in [0, 0.05) is 5.92 Å². The summed E-state index contributed by atoms with van der Waals surface area (Å²) in [7, 11) is 0. The third kappa shape index (κ3) is 0.778. The van der Waals surface area contributed by atoms with Gasteiger partial charge in [0.05, 0.1) is 0 Å². The zero-order valence-corrected chi connectivity index (χ0v) is 6.06. The van der Waals surface area contributed by atoms with Crippen molar-refractivity contribution in [1.82, 2.24) is 5.16 Å². The van der Waals surface area contributed by atoms with Crippen LogP contribution in [0.5, 0.6) is 0 Å². The highest BCUT2D eigenvalue weighted by Gasteiger charge is 2.30. The van der Waals surface area contributed by atoms with Crippen LogP contribution < -0.4 is 5.73 Å². The van der Waals surface area contributed by atoms with Gasteiger partial charge in [-0.25, -0.2) is 0 Å². The molecule has 0 saturated heterocycles. The standard InChI is InChI=1S/C6H7ClN2O/c7-4-5(3-1-2-3)9-10-6(4)8/h3H,1-2,8H2. The fourth-order valence-electron chi connectivity index (χ4n) is 0.915. The predicted octanol–water partition coefficient (Wildman–Crippen LogP) is 1.79. The third-order valence-corrected chi connectivity index (χ3v) is 2.03. The maximum absolute atomic E-state index is 5.76. The summed E-state index contributed by atoms with van der Waals surface area (Å²) in [5.74, 6) is 0.747.